The Balaban J connectivity index is 2.28. The molecule has 1 aromatic carbocycles. The number of nitrogens with two attached hydrogens (primary N) is 1. The number of thiophene rings is 1. The molecule has 0 bridgehead atoms. The average Bonchev–Trinajstić information content (AvgIpc) is 2.83. The Kier molecular flexibility index (Phi) is 3.70. The standard InChI is InChI=1S/C12H11F3N2S/c13-12(14,15)10-3-1-8(2-4-10)11(17-16)9-5-6-18-7-9/h1-7,11,17H,16H2. The maximum absolute atomic E-state index is 12.4. The summed E-state index contributed by atoms with van der Waals surface area (Å²) in [5.41, 5.74) is 3.58. The minimum Gasteiger partial charge on any atom is -0.271 e. The highest BCUT2D eigenvalue weighted by atomic mass is 32.1. The molecule has 0 radical (unpaired) electrons. The Hall–Kier alpha value is -1.37. The van der Waals surface area contributed by atoms with Crippen molar-refractivity contribution in [1.82, 2.24) is 5.43 Å². The quantitative estimate of drug-likeness (QED) is 0.664. The number of nitrogens with one attached hydrogen (secondary N) is 1. The third kappa shape index (κ3) is 2.72. The van der Waals surface area contributed by atoms with E-state index < -0.39 is 11.7 Å². The molecule has 0 amide bonds. The molecule has 3 N–H and O–H groups in total. The summed E-state index contributed by atoms with van der Waals surface area (Å²) in [5, 5.41) is 3.80. The Morgan fingerprint density at radius 2 is 1.72 bits per heavy atom. The molecular formula is C12H11F3N2S. The fourth-order valence-corrected chi connectivity index (χ4v) is 2.37. The van der Waals surface area contributed by atoms with Crippen molar-refractivity contribution in [2.75, 3.05) is 0 Å². The van der Waals surface area contributed by atoms with Crippen LogP contribution in [0.5, 0.6) is 0 Å². The SMILES string of the molecule is NNC(c1ccc(C(F)(F)F)cc1)c1ccsc1. The zero-order chi connectivity index (χ0) is 13.2. The largest absolute Gasteiger partial charge is 0.416 e. The average molecular weight is 272 g/mol. The van der Waals surface area contributed by atoms with Crippen LogP contribution in [0.15, 0.2) is 41.1 Å². The van der Waals surface area contributed by atoms with Gasteiger partial charge in [0.15, 0.2) is 0 Å². The lowest BCUT2D eigenvalue weighted by molar-refractivity contribution is -0.137. The summed E-state index contributed by atoms with van der Waals surface area (Å²) >= 11 is 1.51. The second kappa shape index (κ2) is 5.09. The molecule has 2 nitrogen and oxygen atoms in total. The van der Waals surface area contributed by atoms with Crippen LogP contribution in [0.3, 0.4) is 0 Å². The lowest BCUT2D eigenvalue weighted by Crippen LogP contribution is -2.28. The minimum atomic E-state index is -4.31. The fourth-order valence-electron chi connectivity index (χ4n) is 1.69. The van der Waals surface area contributed by atoms with Gasteiger partial charge in [0.2, 0.25) is 0 Å². The summed E-state index contributed by atoms with van der Waals surface area (Å²) in [7, 11) is 0. The first-order valence-corrected chi connectivity index (χ1v) is 6.12. The summed E-state index contributed by atoms with van der Waals surface area (Å²) < 4.78 is 37.3. The maximum Gasteiger partial charge on any atom is 0.416 e. The van der Waals surface area contributed by atoms with E-state index in [1.54, 1.807) is 0 Å². The van der Waals surface area contributed by atoms with Crippen molar-refractivity contribution in [3.63, 3.8) is 0 Å². The van der Waals surface area contributed by atoms with Gasteiger partial charge in [-0.2, -0.15) is 24.5 Å². The number of benzene rings is 1. The number of alkyl halides is 3. The van der Waals surface area contributed by atoms with Crippen molar-refractivity contribution in [3.8, 4) is 0 Å². The maximum atomic E-state index is 12.4. The van der Waals surface area contributed by atoms with Crippen LogP contribution < -0.4 is 11.3 Å². The molecule has 18 heavy (non-hydrogen) atoms. The molecule has 1 heterocycles. The number of hydrazine groups is 1. The number of hydrogen-bond acceptors (Lipinski definition) is 3. The van der Waals surface area contributed by atoms with Crippen molar-refractivity contribution in [2.24, 2.45) is 5.84 Å². The number of hydrogen-bond donors (Lipinski definition) is 2. The molecule has 0 saturated heterocycles. The molecule has 1 aromatic heterocycles. The zero-order valence-electron chi connectivity index (χ0n) is 9.24. The van der Waals surface area contributed by atoms with Gasteiger partial charge in [-0.25, -0.2) is 5.43 Å². The third-order valence-corrected chi connectivity index (χ3v) is 3.32. The van der Waals surface area contributed by atoms with E-state index in [1.807, 2.05) is 16.8 Å². The summed E-state index contributed by atoms with van der Waals surface area (Å²) in [4.78, 5) is 0. The molecule has 2 rings (SSSR count). The summed E-state index contributed by atoms with van der Waals surface area (Å²) in [6.07, 6.45) is -4.31. The predicted octanol–water partition coefficient (Wildman–Crippen LogP) is 3.32. The fraction of sp³-hybridized carbons (Fsp3) is 0.167. The van der Waals surface area contributed by atoms with Gasteiger partial charge in [-0.05, 0) is 40.1 Å². The molecule has 1 atom stereocenters. The van der Waals surface area contributed by atoms with Crippen molar-refractivity contribution in [1.29, 1.82) is 0 Å². The Bertz CT molecular complexity index is 491. The van der Waals surface area contributed by atoms with E-state index in [1.165, 1.54) is 23.5 Å². The number of halogens is 3. The van der Waals surface area contributed by atoms with Crippen molar-refractivity contribution in [2.45, 2.75) is 12.2 Å². The van der Waals surface area contributed by atoms with E-state index >= 15 is 0 Å². The van der Waals surface area contributed by atoms with Crippen LogP contribution in [0.4, 0.5) is 13.2 Å². The van der Waals surface area contributed by atoms with Gasteiger partial charge in [0, 0.05) is 0 Å². The lowest BCUT2D eigenvalue weighted by atomic mass is 10.0. The Morgan fingerprint density at radius 3 is 2.17 bits per heavy atom. The minimum absolute atomic E-state index is 0.293. The molecule has 0 fully saturated rings. The van der Waals surface area contributed by atoms with Crippen molar-refractivity contribution >= 4 is 11.3 Å². The molecular weight excluding hydrogens is 261 g/mol. The lowest BCUT2D eigenvalue weighted by Gasteiger charge is -2.16. The Labute approximate surface area is 106 Å². The molecule has 0 aliphatic rings. The highest BCUT2D eigenvalue weighted by molar-refractivity contribution is 7.08. The van der Waals surface area contributed by atoms with E-state index in [9.17, 15) is 13.2 Å². The third-order valence-electron chi connectivity index (χ3n) is 2.61. The van der Waals surface area contributed by atoms with E-state index in [2.05, 4.69) is 5.43 Å². The zero-order valence-corrected chi connectivity index (χ0v) is 10.1. The van der Waals surface area contributed by atoms with Gasteiger partial charge in [0.1, 0.15) is 0 Å². The first kappa shape index (κ1) is 13.1. The van der Waals surface area contributed by atoms with Gasteiger partial charge < -0.3 is 0 Å². The number of rotatable bonds is 3. The molecule has 0 spiro atoms. The summed E-state index contributed by atoms with van der Waals surface area (Å²) in [5.74, 6) is 5.45. The van der Waals surface area contributed by atoms with E-state index in [-0.39, 0.29) is 6.04 Å². The molecule has 1 unspecified atom stereocenters. The van der Waals surface area contributed by atoms with Gasteiger partial charge >= 0.3 is 6.18 Å². The van der Waals surface area contributed by atoms with Crippen LogP contribution in [-0.4, -0.2) is 0 Å². The van der Waals surface area contributed by atoms with Crippen LogP contribution >= 0.6 is 11.3 Å². The van der Waals surface area contributed by atoms with Crippen molar-refractivity contribution < 1.29 is 13.2 Å². The van der Waals surface area contributed by atoms with Crippen molar-refractivity contribution in [3.05, 3.63) is 57.8 Å². The van der Waals surface area contributed by atoms with Gasteiger partial charge in [0.05, 0.1) is 11.6 Å². The first-order valence-electron chi connectivity index (χ1n) is 5.18. The molecule has 2 aromatic rings. The van der Waals surface area contributed by atoms with E-state index in [4.69, 9.17) is 5.84 Å². The van der Waals surface area contributed by atoms with Gasteiger partial charge in [-0.15, -0.1) is 0 Å². The molecule has 96 valence electrons. The van der Waals surface area contributed by atoms with Gasteiger partial charge in [-0.1, -0.05) is 12.1 Å². The van der Waals surface area contributed by atoms with Gasteiger partial charge in [0.25, 0.3) is 0 Å². The normalized spacial score (nSPS) is 13.6. The first-order chi connectivity index (χ1) is 8.52. The molecule has 0 saturated carbocycles. The summed E-state index contributed by atoms with van der Waals surface area (Å²) in [6.45, 7) is 0. The molecule has 0 aliphatic carbocycles. The smallest absolute Gasteiger partial charge is 0.271 e. The molecule has 0 aliphatic heterocycles. The Morgan fingerprint density at radius 1 is 1.06 bits per heavy atom. The highest BCUT2D eigenvalue weighted by Gasteiger charge is 2.30. The molecule has 6 heteroatoms. The topological polar surface area (TPSA) is 38.0 Å². The van der Waals surface area contributed by atoms with Crippen LogP contribution in [0.25, 0.3) is 0 Å². The van der Waals surface area contributed by atoms with Crippen LogP contribution in [0.2, 0.25) is 0 Å². The van der Waals surface area contributed by atoms with Crippen LogP contribution in [0, 0.1) is 0 Å². The highest BCUT2D eigenvalue weighted by Crippen LogP contribution is 2.31. The second-order valence-corrected chi connectivity index (χ2v) is 4.56. The van der Waals surface area contributed by atoms with Gasteiger partial charge in [-0.3, -0.25) is 5.84 Å². The van der Waals surface area contributed by atoms with E-state index in [0.29, 0.717) is 5.56 Å². The van der Waals surface area contributed by atoms with Crippen LogP contribution in [-0.2, 0) is 6.18 Å². The predicted molar refractivity (Wildman–Crippen MR) is 64.9 cm³/mol. The summed E-state index contributed by atoms with van der Waals surface area (Å²) in [6, 6.07) is 6.58. The van der Waals surface area contributed by atoms with Crippen LogP contribution in [0.1, 0.15) is 22.7 Å². The second-order valence-electron chi connectivity index (χ2n) is 3.78. The van der Waals surface area contributed by atoms with E-state index in [0.717, 1.165) is 17.7 Å². The monoisotopic (exact) mass is 272 g/mol.